The predicted octanol–water partition coefficient (Wildman–Crippen LogP) is 3.55. The second-order valence-electron chi connectivity index (χ2n) is 7.59. The first-order valence-electron chi connectivity index (χ1n) is 9.71. The largest absolute Gasteiger partial charge is 0.388 e. The van der Waals surface area contributed by atoms with Crippen LogP contribution >= 0.6 is 0 Å². The molecule has 0 radical (unpaired) electrons. The lowest BCUT2D eigenvalue weighted by Gasteiger charge is -2.22. The molecule has 5 heteroatoms. The highest BCUT2D eigenvalue weighted by atomic mass is 16.5. The average molecular weight is 356 g/mol. The molecule has 1 amide bonds. The highest BCUT2D eigenvalue weighted by Gasteiger charge is 2.35. The molecule has 0 bridgehead atoms. The number of hydrogen-bond donors (Lipinski definition) is 3. The van der Waals surface area contributed by atoms with Crippen LogP contribution in [0.3, 0.4) is 0 Å². The summed E-state index contributed by atoms with van der Waals surface area (Å²) < 4.78 is 1.04. The minimum atomic E-state index is -0.295. The van der Waals surface area contributed by atoms with E-state index in [2.05, 4.69) is 10.6 Å². The van der Waals surface area contributed by atoms with Crippen LogP contribution in [0.15, 0.2) is 41.7 Å². The van der Waals surface area contributed by atoms with Gasteiger partial charge in [-0.05, 0) is 63.4 Å². The third kappa shape index (κ3) is 4.87. The number of nitrogens with one attached hydrogen (secondary N) is 2. The van der Waals surface area contributed by atoms with Gasteiger partial charge in [0.25, 0.3) is 0 Å². The van der Waals surface area contributed by atoms with E-state index < -0.39 is 0 Å². The quantitative estimate of drug-likeness (QED) is 0.415. The molecule has 3 rings (SSSR count). The van der Waals surface area contributed by atoms with E-state index in [1.165, 1.54) is 32.1 Å². The van der Waals surface area contributed by atoms with Crippen molar-refractivity contribution in [3.8, 4) is 0 Å². The van der Waals surface area contributed by atoms with Crippen LogP contribution in [0.4, 0.5) is 0 Å². The molecular weight excluding hydrogens is 326 g/mol. The van der Waals surface area contributed by atoms with Crippen molar-refractivity contribution in [2.24, 2.45) is 0 Å². The molecule has 0 aromatic carbocycles. The third-order valence-corrected chi connectivity index (χ3v) is 5.13. The van der Waals surface area contributed by atoms with Gasteiger partial charge in [-0.3, -0.25) is 10.0 Å². The van der Waals surface area contributed by atoms with Gasteiger partial charge < -0.3 is 10.6 Å². The summed E-state index contributed by atoms with van der Waals surface area (Å²) in [5, 5.41) is 16.7. The molecule has 0 spiro atoms. The van der Waals surface area contributed by atoms with Crippen molar-refractivity contribution in [3.63, 3.8) is 0 Å². The number of pyridine rings is 1. The number of nitrogens with zero attached hydrogens (tertiary/aromatic N) is 1. The minimum absolute atomic E-state index is 0.268. The zero-order valence-electron chi connectivity index (χ0n) is 15.8. The van der Waals surface area contributed by atoms with E-state index >= 15 is 0 Å². The number of allylic oxidation sites excluding steroid dienone is 3. The Labute approximate surface area is 155 Å². The predicted molar refractivity (Wildman–Crippen MR) is 101 cm³/mol. The summed E-state index contributed by atoms with van der Waals surface area (Å²) >= 11 is 0. The van der Waals surface area contributed by atoms with Gasteiger partial charge in [0.15, 0.2) is 0 Å². The number of carbonyl (C=O) groups is 1. The molecule has 2 saturated carbocycles. The third-order valence-electron chi connectivity index (χ3n) is 5.13. The van der Waals surface area contributed by atoms with Crippen LogP contribution in [0.2, 0.25) is 0 Å². The molecule has 0 unspecified atom stereocenters. The fourth-order valence-electron chi connectivity index (χ4n) is 3.56. The molecule has 2 aliphatic rings. The van der Waals surface area contributed by atoms with E-state index in [0.717, 1.165) is 34.5 Å². The van der Waals surface area contributed by atoms with Crippen molar-refractivity contribution in [3.05, 3.63) is 53.1 Å². The van der Waals surface area contributed by atoms with Gasteiger partial charge in [0.1, 0.15) is 0 Å². The van der Waals surface area contributed by atoms with Crippen LogP contribution in [0, 0.1) is 0 Å². The Kier molecular flexibility index (Phi) is 5.96. The van der Waals surface area contributed by atoms with Crippen LogP contribution in [-0.4, -0.2) is 17.2 Å². The normalized spacial score (nSPS) is 19.3. The van der Waals surface area contributed by atoms with Gasteiger partial charge in [-0.1, -0.05) is 19.3 Å². The monoisotopic (exact) mass is 356 g/mol. The summed E-state index contributed by atoms with van der Waals surface area (Å²) in [4.78, 5) is 12.5. The van der Waals surface area contributed by atoms with Crippen LogP contribution in [-0.2, 0) is 0 Å². The van der Waals surface area contributed by atoms with Gasteiger partial charge in [-0.15, -0.1) is 0 Å². The maximum Gasteiger partial charge on any atom is 0.325 e. The van der Waals surface area contributed by atoms with E-state index in [-0.39, 0.29) is 11.6 Å². The minimum Gasteiger partial charge on any atom is -0.388 e. The number of amides is 1. The number of rotatable bonds is 6. The Balaban J connectivity index is 1.59. The van der Waals surface area contributed by atoms with Crippen LogP contribution in [0.5, 0.6) is 0 Å². The SMILES string of the molecule is CC(=C\NC1CCCCC1)/C=C(\C)NC(=O)c1cccc(C2CC2)[n+]1O. The first kappa shape index (κ1) is 18.5. The fourth-order valence-corrected chi connectivity index (χ4v) is 3.56. The van der Waals surface area contributed by atoms with Gasteiger partial charge in [-0.2, -0.15) is 0 Å². The first-order valence-corrected chi connectivity index (χ1v) is 9.71. The number of hydrogen-bond acceptors (Lipinski definition) is 3. The van der Waals surface area contributed by atoms with Gasteiger partial charge in [0, 0.05) is 34.5 Å². The van der Waals surface area contributed by atoms with Gasteiger partial charge in [0.2, 0.25) is 5.69 Å². The van der Waals surface area contributed by atoms with Crippen LogP contribution in [0.1, 0.15) is 80.9 Å². The van der Waals surface area contributed by atoms with Gasteiger partial charge >= 0.3 is 11.6 Å². The second kappa shape index (κ2) is 8.39. The average Bonchev–Trinajstić information content (AvgIpc) is 3.46. The zero-order valence-corrected chi connectivity index (χ0v) is 15.8. The molecule has 2 aliphatic carbocycles. The molecular formula is C21H30N3O2+. The molecule has 0 aliphatic heterocycles. The Morgan fingerprint density at radius 2 is 1.88 bits per heavy atom. The van der Waals surface area contributed by atoms with Crippen molar-refractivity contribution in [1.82, 2.24) is 10.6 Å². The van der Waals surface area contributed by atoms with E-state index in [0.29, 0.717) is 12.0 Å². The molecule has 140 valence electrons. The summed E-state index contributed by atoms with van der Waals surface area (Å²) in [5.41, 5.74) is 2.90. The van der Waals surface area contributed by atoms with Gasteiger partial charge in [-0.25, -0.2) is 0 Å². The molecule has 3 N–H and O–H groups in total. The summed E-state index contributed by atoms with van der Waals surface area (Å²) in [7, 11) is 0. The van der Waals surface area contributed by atoms with Crippen molar-refractivity contribution in [2.45, 2.75) is 70.8 Å². The van der Waals surface area contributed by atoms with Crippen LogP contribution < -0.4 is 15.4 Å². The topological polar surface area (TPSA) is 65.2 Å². The summed E-state index contributed by atoms with van der Waals surface area (Å²) in [5.74, 6) is 0.0808. The Bertz CT molecular complexity index is 714. The standard InChI is InChI=1S/C21H29N3O2/c1-15(14-22-18-7-4-3-5-8-18)13-16(2)23-21(25)20-10-6-9-19(24(20)26)17-11-12-17/h6,9-10,13-14,17-18,25-26H,3-5,7-8,11-12H2,1-2H3/p+1. The van der Waals surface area contributed by atoms with Crippen LogP contribution in [0.25, 0.3) is 0 Å². The molecule has 2 fully saturated rings. The second-order valence-corrected chi connectivity index (χ2v) is 7.59. The highest BCUT2D eigenvalue weighted by molar-refractivity contribution is 5.92. The Morgan fingerprint density at radius 1 is 1.15 bits per heavy atom. The summed E-state index contributed by atoms with van der Waals surface area (Å²) in [6, 6.07) is 5.91. The molecule has 1 aromatic rings. The molecule has 0 saturated heterocycles. The van der Waals surface area contributed by atoms with Crippen molar-refractivity contribution < 1.29 is 14.7 Å². The molecule has 26 heavy (non-hydrogen) atoms. The van der Waals surface area contributed by atoms with E-state index in [1.807, 2.05) is 38.3 Å². The number of carbonyl (C=O) groups excluding carboxylic acids is 1. The van der Waals surface area contributed by atoms with E-state index in [1.54, 1.807) is 6.07 Å². The lowest BCUT2D eigenvalue weighted by molar-refractivity contribution is -0.910. The lowest BCUT2D eigenvalue weighted by atomic mass is 9.96. The van der Waals surface area contributed by atoms with Crippen molar-refractivity contribution in [2.75, 3.05) is 0 Å². The Morgan fingerprint density at radius 3 is 2.58 bits per heavy atom. The molecule has 5 nitrogen and oxygen atoms in total. The maximum absolute atomic E-state index is 12.5. The fraction of sp³-hybridized carbons (Fsp3) is 0.524. The molecule has 1 heterocycles. The maximum atomic E-state index is 12.5. The van der Waals surface area contributed by atoms with Crippen molar-refractivity contribution in [1.29, 1.82) is 0 Å². The summed E-state index contributed by atoms with van der Waals surface area (Å²) in [6.45, 7) is 3.88. The van der Waals surface area contributed by atoms with Gasteiger partial charge in [0.05, 0.1) is 0 Å². The smallest absolute Gasteiger partial charge is 0.325 e. The van der Waals surface area contributed by atoms with Crippen molar-refractivity contribution >= 4 is 5.91 Å². The molecule has 1 aromatic heterocycles. The zero-order chi connectivity index (χ0) is 18.5. The summed E-state index contributed by atoms with van der Waals surface area (Å²) in [6.07, 6.45) is 12.5. The van der Waals surface area contributed by atoms with E-state index in [4.69, 9.17) is 0 Å². The molecule has 0 atom stereocenters. The number of aromatic nitrogens is 1. The highest BCUT2D eigenvalue weighted by Crippen LogP contribution is 2.38. The lowest BCUT2D eigenvalue weighted by Crippen LogP contribution is -2.44. The first-order chi connectivity index (χ1) is 12.5. The van der Waals surface area contributed by atoms with E-state index in [9.17, 15) is 10.0 Å². The Hall–Kier alpha value is -2.30.